The molecule has 1 rings (SSSR count). The topological polar surface area (TPSA) is 66.4 Å². The molecule has 0 aliphatic heterocycles. The number of hydrogen-bond donors (Lipinski definition) is 2. The van der Waals surface area contributed by atoms with E-state index in [0.717, 1.165) is 0 Å². The minimum Gasteiger partial charge on any atom is -0.481 e. The van der Waals surface area contributed by atoms with E-state index >= 15 is 0 Å². The van der Waals surface area contributed by atoms with Crippen molar-refractivity contribution in [2.24, 2.45) is 5.92 Å². The van der Waals surface area contributed by atoms with Crippen LogP contribution in [0.3, 0.4) is 0 Å². The SMILES string of the molecule is CC(CNC(=O)c1cc(C(F)(F)F)ccc1F)C(=O)O. The van der Waals surface area contributed by atoms with Crippen molar-refractivity contribution in [3.8, 4) is 0 Å². The first kappa shape index (κ1) is 15.9. The lowest BCUT2D eigenvalue weighted by molar-refractivity contribution is -0.141. The number of alkyl halides is 3. The molecule has 1 aromatic carbocycles. The highest BCUT2D eigenvalue weighted by Gasteiger charge is 2.32. The minimum absolute atomic E-state index is 0.316. The highest BCUT2D eigenvalue weighted by molar-refractivity contribution is 5.94. The Morgan fingerprint density at radius 1 is 1.35 bits per heavy atom. The van der Waals surface area contributed by atoms with Crippen LogP contribution < -0.4 is 5.32 Å². The largest absolute Gasteiger partial charge is 0.481 e. The number of carboxylic acid groups (broad SMARTS) is 1. The van der Waals surface area contributed by atoms with Crippen LogP contribution in [0.4, 0.5) is 17.6 Å². The Balaban J connectivity index is 2.90. The van der Waals surface area contributed by atoms with Crippen molar-refractivity contribution >= 4 is 11.9 Å². The summed E-state index contributed by atoms with van der Waals surface area (Å²) in [6.45, 7) is 0.981. The molecular formula is C12H11F4NO3. The minimum atomic E-state index is -4.70. The number of hydrogen-bond acceptors (Lipinski definition) is 2. The summed E-state index contributed by atoms with van der Waals surface area (Å²) < 4.78 is 50.7. The van der Waals surface area contributed by atoms with Crippen LogP contribution in [0.15, 0.2) is 18.2 Å². The molecule has 0 aliphatic carbocycles. The Morgan fingerprint density at radius 2 is 1.95 bits per heavy atom. The number of amides is 1. The van der Waals surface area contributed by atoms with Crippen molar-refractivity contribution in [2.75, 3.05) is 6.54 Å². The van der Waals surface area contributed by atoms with Gasteiger partial charge >= 0.3 is 12.1 Å². The average molecular weight is 293 g/mol. The Bertz CT molecular complexity index is 528. The molecule has 1 amide bonds. The summed E-state index contributed by atoms with van der Waals surface area (Å²) in [6, 6.07) is 1.44. The molecule has 0 fully saturated rings. The molecule has 1 atom stereocenters. The van der Waals surface area contributed by atoms with E-state index in [0.29, 0.717) is 18.2 Å². The molecule has 0 bridgehead atoms. The molecule has 0 heterocycles. The van der Waals surface area contributed by atoms with Crippen LogP contribution in [0.25, 0.3) is 0 Å². The average Bonchev–Trinajstić information content (AvgIpc) is 2.34. The molecule has 8 heteroatoms. The number of nitrogens with one attached hydrogen (secondary N) is 1. The second-order valence-corrected chi connectivity index (χ2v) is 4.14. The Kier molecular flexibility index (Phi) is 4.69. The molecule has 0 spiro atoms. The number of carboxylic acids is 1. The third-order valence-corrected chi connectivity index (χ3v) is 2.53. The van der Waals surface area contributed by atoms with Crippen molar-refractivity contribution in [1.82, 2.24) is 5.32 Å². The van der Waals surface area contributed by atoms with Crippen LogP contribution in [0.2, 0.25) is 0 Å². The number of benzene rings is 1. The van der Waals surface area contributed by atoms with Crippen molar-refractivity contribution in [2.45, 2.75) is 13.1 Å². The molecule has 1 unspecified atom stereocenters. The van der Waals surface area contributed by atoms with Crippen molar-refractivity contribution in [3.63, 3.8) is 0 Å². The predicted octanol–water partition coefficient (Wildman–Crippen LogP) is 2.30. The fourth-order valence-electron chi connectivity index (χ4n) is 1.30. The summed E-state index contributed by atoms with van der Waals surface area (Å²) in [5.74, 6) is -4.33. The fraction of sp³-hybridized carbons (Fsp3) is 0.333. The van der Waals surface area contributed by atoms with Gasteiger partial charge in [-0.15, -0.1) is 0 Å². The van der Waals surface area contributed by atoms with Crippen LogP contribution >= 0.6 is 0 Å². The second kappa shape index (κ2) is 5.89. The van der Waals surface area contributed by atoms with E-state index in [9.17, 15) is 27.2 Å². The van der Waals surface area contributed by atoms with E-state index in [2.05, 4.69) is 5.32 Å². The number of carbonyl (C=O) groups is 2. The molecule has 110 valence electrons. The fourth-order valence-corrected chi connectivity index (χ4v) is 1.30. The Labute approximate surface area is 111 Å². The van der Waals surface area contributed by atoms with Gasteiger partial charge in [-0.05, 0) is 18.2 Å². The summed E-state index contributed by atoms with van der Waals surface area (Å²) in [7, 11) is 0. The van der Waals surface area contributed by atoms with Gasteiger partial charge in [0.2, 0.25) is 0 Å². The van der Waals surface area contributed by atoms with Gasteiger partial charge in [0.05, 0.1) is 17.0 Å². The molecule has 0 aromatic heterocycles. The predicted molar refractivity (Wildman–Crippen MR) is 60.5 cm³/mol. The summed E-state index contributed by atoms with van der Waals surface area (Å²) in [5.41, 5.74) is -1.94. The van der Waals surface area contributed by atoms with Gasteiger partial charge in [0.25, 0.3) is 5.91 Å². The van der Waals surface area contributed by atoms with Crippen LogP contribution in [-0.2, 0) is 11.0 Å². The normalized spacial score (nSPS) is 12.8. The zero-order valence-electron chi connectivity index (χ0n) is 10.3. The molecular weight excluding hydrogens is 282 g/mol. The monoisotopic (exact) mass is 293 g/mol. The quantitative estimate of drug-likeness (QED) is 0.837. The van der Waals surface area contributed by atoms with Crippen molar-refractivity contribution in [3.05, 3.63) is 35.1 Å². The molecule has 0 aliphatic rings. The lowest BCUT2D eigenvalue weighted by Crippen LogP contribution is -2.32. The van der Waals surface area contributed by atoms with Gasteiger partial charge in [0.15, 0.2) is 0 Å². The lowest BCUT2D eigenvalue weighted by Gasteiger charge is -2.11. The van der Waals surface area contributed by atoms with Gasteiger partial charge in [0.1, 0.15) is 5.82 Å². The van der Waals surface area contributed by atoms with E-state index < -0.39 is 40.9 Å². The van der Waals surface area contributed by atoms with Crippen LogP contribution in [-0.4, -0.2) is 23.5 Å². The van der Waals surface area contributed by atoms with Gasteiger partial charge in [-0.25, -0.2) is 4.39 Å². The zero-order valence-corrected chi connectivity index (χ0v) is 10.3. The zero-order chi connectivity index (χ0) is 15.5. The van der Waals surface area contributed by atoms with Gasteiger partial charge in [0, 0.05) is 6.54 Å². The van der Waals surface area contributed by atoms with Crippen LogP contribution in [0.1, 0.15) is 22.8 Å². The lowest BCUT2D eigenvalue weighted by atomic mass is 10.1. The molecule has 0 saturated carbocycles. The number of carbonyl (C=O) groups excluding carboxylic acids is 1. The van der Waals surface area contributed by atoms with Gasteiger partial charge < -0.3 is 10.4 Å². The highest BCUT2D eigenvalue weighted by Crippen LogP contribution is 2.30. The molecule has 4 nitrogen and oxygen atoms in total. The summed E-state index contributed by atoms with van der Waals surface area (Å²) >= 11 is 0. The molecule has 1 aromatic rings. The van der Waals surface area contributed by atoms with Gasteiger partial charge in [-0.1, -0.05) is 6.92 Å². The maximum absolute atomic E-state index is 13.3. The molecule has 0 saturated heterocycles. The van der Waals surface area contributed by atoms with Crippen molar-refractivity contribution in [1.29, 1.82) is 0 Å². The Morgan fingerprint density at radius 3 is 2.45 bits per heavy atom. The van der Waals surface area contributed by atoms with Crippen LogP contribution in [0, 0.1) is 11.7 Å². The van der Waals surface area contributed by atoms with E-state index in [-0.39, 0.29) is 6.54 Å². The summed E-state index contributed by atoms with van der Waals surface area (Å²) in [6.07, 6.45) is -4.70. The number of halogens is 4. The first-order chi connectivity index (χ1) is 9.12. The number of rotatable bonds is 4. The van der Waals surface area contributed by atoms with Crippen LogP contribution in [0.5, 0.6) is 0 Å². The summed E-state index contributed by atoms with van der Waals surface area (Å²) in [4.78, 5) is 22.1. The Hall–Kier alpha value is -2.12. The second-order valence-electron chi connectivity index (χ2n) is 4.14. The van der Waals surface area contributed by atoms with Gasteiger partial charge in [-0.2, -0.15) is 13.2 Å². The standard InChI is InChI=1S/C12H11F4NO3/c1-6(11(19)20)5-17-10(18)8-4-7(12(14,15)16)2-3-9(8)13/h2-4,6H,5H2,1H3,(H,17,18)(H,19,20). The maximum atomic E-state index is 13.3. The molecule has 2 N–H and O–H groups in total. The van der Waals surface area contributed by atoms with Gasteiger partial charge in [-0.3, -0.25) is 9.59 Å². The van der Waals surface area contributed by atoms with E-state index in [4.69, 9.17) is 5.11 Å². The third-order valence-electron chi connectivity index (χ3n) is 2.53. The maximum Gasteiger partial charge on any atom is 0.416 e. The van der Waals surface area contributed by atoms with E-state index in [1.807, 2.05) is 0 Å². The first-order valence-electron chi connectivity index (χ1n) is 5.50. The molecule has 0 radical (unpaired) electrons. The highest BCUT2D eigenvalue weighted by atomic mass is 19.4. The van der Waals surface area contributed by atoms with Crippen molar-refractivity contribution < 1.29 is 32.3 Å². The van der Waals surface area contributed by atoms with E-state index in [1.165, 1.54) is 6.92 Å². The first-order valence-corrected chi connectivity index (χ1v) is 5.50. The molecule has 20 heavy (non-hydrogen) atoms. The third kappa shape index (κ3) is 3.94. The van der Waals surface area contributed by atoms with E-state index in [1.54, 1.807) is 0 Å². The number of aliphatic carboxylic acids is 1. The summed E-state index contributed by atoms with van der Waals surface area (Å²) in [5, 5.41) is 10.7. The smallest absolute Gasteiger partial charge is 0.416 e.